The molecule has 1 amide bonds. The van der Waals surface area contributed by atoms with Crippen LogP contribution < -0.4 is 15.6 Å². The maximum absolute atomic E-state index is 11.3. The minimum Gasteiger partial charge on any atom is -0.497 e. The molecule has 0 bridgehead atoms. The van der Waals surface area contributed by atoms with Crippen molar-refractivity contribution in [3.63, 3.8) is 0 Å². The first kappa shape index (κ1) is 9.02. The predicted octanol–water partition coefficient (Wildman–Crippen LogP) is 0.848. The van der Waals surface area contributed by atoms with Crippen molar-refractivity contribution in [3.8, 4) is 5.75 Å². The van der Waals surface area contributed by atoms with Crippen molar-refractivity contribution in [2.45, 2.75) is 12.8 Å². The van der Waals surface area contributed by atoms with Gasteiger partial charge in [0, 0.05) is 6.42 Å². The van der Waals surface area contributed by atoms with E-state index >= 15 is 0 Å². The summed E-state index contributed by atoms with van der Waals surface area (Å²) in [6.07, 6.45) is 1.20. The SMILES string of the molecule is COc1ccc2c(c1)CCC(=O)N2N. The van der Waals surface area contributed by atoms with Crippen molar-refractivity contribution < 1.29 is 9.53 Å². The van der Waals surface area contributed by atoms with Gasteiger partial charge in [0.25, 0.3) is 0 Å². The summed E-state index contributed by atoms with van der Waals surface area (Å²) in [4.78, 5) is 11.3. The van der Waals surface area contributed by atoms with E-state index in [1.54, 1.807) is 13.2 Å². The van der Waals surface area contributed by atoms with Crippen molar-refractivity contribution in [1.82, 2.24) is 0 Å². The van der Waals surface area contributed by atoms with Gasteiger partial charge in [0.1, 0.15) is 5.75 Å². The molecule has 0 unspecified atom stereocenters. The average Bonchev–Trinajstić information content (AvgIpc) is 2.23. The molecule has 0 aliphatic carbocycles. The third kappa shape index (κ3) is 1.33. The van der Waals surface area contributed by atoms with Gasteiger partial charge >= 0.3 is 0 Å². The Morgan fingerprint density at radius 3 is 2.93 bits per heavy atom. The van der Waals surface area contributed by atoms with Crippen LogP contribution in [0.3, 0.4) is 0 Å². The number of hydrazine groups is 1. The van der Waals surface area contributed by atoms with E-state index in [1.807, 2.05) is 12.1 Å². The fourth-order valence-electron chi connectivity index (χ4n) is 1.62. The summed E-state index contributed by atoms with van der Waals surface area (Å²) in [5.74, 6) is 6.38. The third-order valence-corrected chi connectivity index (χ3v) is 2.42. The first-order valence-electron chi connectivity index (χ1n) is 4.47. The van der Waals surface area contributed by atoms with E-state index in [2.05, 4.69) is 0 Å². The van der Waals surface area contributed by atoms with Crippen molar-refractivity contribution in [2.75, 3.05) is 12.1 Å². The number of nitrogens with zero attached hydrogens (tertiary/aromatic N) is 1. The molecule has 1 aromatic rings. The lowest BCUT2D eigenvalue weighted by Gasteiger charge is -2.25. The first-order valence-corrected chi connectivity index (χ1v) is 4.47. The summed E-state index contributed by atoms with van der Waals surface area (Å²) in [5.41, 5.74) is 1.84. The lowest BCUT2D eigenvalue weighted by molar-refractivity contribution is -0.119. The van der Waals surface area contributed by atoms with Crippen molar-refractivity contribution >= 4 is 11.6 Å². The number of nitrogens with two attached hydrogens (primary N) is 1. The summed E-state index contributed by atoms with van der Waals surface area (Å²) in [5, 5.41) is 1.21. The summed E-state index contributed by atoms with van der Waals surface area (Å²) in [6.45, 7) is 0. The van der Waals surface area contributed by atoms with Gasteiger partial charge in [0.05, 0.1) is 12.8 Å². The zero-order chi connectivity index (χ0) is 10.1. The highest BCUT2D eigenvalue weighted by atomic mass is 16.5. The van der Waals surface area contributed by atoms with E-state index in [0.717, 1.165) is 23.4 Å². The summed E-state index contributed by atoms with van der Waals surface area (Å²) in [6, 6.07) is 5.53. The highest BCUT2D eigenvalue weighted by Crippen LogP contribution is 2.28. The molecule has 1 heterocycles. The van der Waals surface area contributed by atoms with E-state index in [-0.39, 0.29) is 5.91 Å². The van der Waals surface area contributed by atoms with Gasteiger partial charge in [-0.2, -0.15) is 0 Å². The van der Waals surface area contributed by atoms with E-state index in [4.69, 9.17) is 10.6 Å². The van der Waals surface area contributed by atoms with E-state index in [1.165, 1.54) is 5.01 Å². The predicted molar refractivity (Wildman–Crippen MR) is 53.0 cm³/mol. The van der Waals surface area contributed by atoms with Gasteiger partial charge in [-0.3, -0.25) is 4.79 Å². The molecule has 1 aliphatic heterocycles. The number of anilines is 1. The van der Waals surface area contributed by atoms with Gasteiger partial charge in [-0.1, -0.05) is 0 Å². The molecule has 74 valence electrons. The third-order valence-electron chi connectivity index (χ3n) is 2.42. The van der Waals surface area contributed by atoms with E-state index in [0.29, 0.717) is 6.42 Å². The van der Waals surface area contributed by atoms with Crippen LogP contribution in [0.4, 0.5) is 5.69 Å². The lowest BCUT2D eigenvalue weighted by atomic mass is 10.0. The van der Waals surface area contributed by atoms with Crippen LogP contribution in [0.15, 0.2) is 18.2 Å². The number of methoxy groups -OCH3 is 1. The number of rotatable bonds is 1. The molecule has 0 radical (unpaired) electrons. The number of aryl methyl sites for hydroxylation is 1. The van der Waals surface area contributed by atoms with Crippen LogP contribution in [-0.4, -0.2) is 13.0 Å². The van der Waals surface area contributed by atoms with E-state index in [9.17, 15) is 4.79 Å². The number of carbonyl (C=O) groups is 1. The summed E-state index contributed by atoms with van der Waals surface area (Å²) in [7, 11) is 1.62. The zero-order valence-corrected chi connectivity index (χ0v) is 7.99. The molecule has 1 aliphatic rings. The topological polar surface area (TPSA) is 55.6 Å². The molecule has 0 saturated carbocycles. The molecule has 2 rings (SSSR count). The molecule has 4 nitrogen and oxygen atoms in total. The number of ether oxygens (including phenoxy) is 1. The van der Waals surface area contributed by atoms with Crippen LogP contribution in [0, 0.1) is 0 Å². The largest absolute Gasteiger partial charge is 0.497 e. The molecule has 14 heavy (non-hydrogen) atoms. The molecule has 0 saturated heterocycles. The zero-order valence-electron chi connectivity index (χ0n) is 7.99. The van der Waals surface area contributed by atoms with Crippen molar-refractivity contribution in [1.29, 1.82) is 0 Å². The number of benzene rings is 1. The molecular weight excluding hydrogens is 180 g/mol. The highest BCUT2D eigenvalue weighted by Gasteiger charge is 2.21. The monoisotopic (exact) mass is 192 g/mol. The van der Waals surface area contributed by atoms with Crippen LogP contribution in [0.2, 0.25) is 0 Å². The number of amides is 1. The Bertz CT molecular complexity index is 376. The van der Waals surface area contributed by atoms with Gasteiger partial charge in [0.2, 0.25) is 5.91 Å². The minimum atomic E-state index is -0.0392. The number of hydrogen-bond acceptors (Lipinski definition) is 3. The molecule has 0 atom stereocenters. The highest BCUT2D eigenvalue weighted by molar-refractivity contribution is 5.95. The van der Waals surface area contributed by atoms with Crippen molar-refractivity contribution in [2.24, 2.45) is 5.84 Å². The number of carbonyl (C=O) groups excluding carboxylic acids is 1. The second kappa shape index (κ2) is 3.31. The lowest BCUT2D eigenvalue weighted by Crippen LogP contribution is -2.40. The maximum Gasteiger partial charge on any atom is 0.241 e. The second-order valence-electron chi connectivity index (χ2n) is 3.26. The minimum absolute atomic E-state index is 0.0392. The van der Waals surface area contributed by atoms with Crippen LogP contribution in [0.25, 0.3) is 0 Å². The van der Waals surface area contributed by atoms with Crippen LogP contribution in [0.1, 0.15) is 12.0 Å². The smallest absolute Gasteiger partial charge is 0.241 e. The number of hydrogen-bond donors (Lipinski definition) is 1. The average molecular weight is 192 g/mol. The van der Waals surface area contributed by atoms with Crippen molar-refractivity contribution in [3.05, 3.63) is 23.8 Å². The molecule has 4 heteroatoms. The normalized spacial score (nSPS) is 15.3. The second-order valence-corrected chi connectivity index (χ2v) is 3.26. The van der Waals surface area contributed by atoms with Gasteiger partial charge in [-0.25, -0.2) is 10.9 Å². The van der Waals surface area contributed by atoms with Gasteiger partial charge < -0.3 is 4.74 Å². The fraction of sp³-hybridized carbons (Fsp3) is 0.300. The Hall–Kier alpha value is -1.55. The van der Waals surface area contributed by atoms with Crippen LogP contribution >= 0.6 is 0 Å². The Kier molecular flexibility index (Phi) is 2.13. The number of fused-ring (bicyclic) bond motifs is 1. The molecule has 1 aromatic carbocycles. The molecule has 0 spiro atoms. The summed E-state index contributed by atoms with van der Waals surface area (Å²) >= 11 is 0. The quantitative estimate of drug-likeness (QED) is 0.530. The Labute approximate surface area is 82.2 Å². The summed E-state index contributed by atoms with van der Waals surface area (Å²) < 4.78 is 5.10. The Balaban J connectivity index is 2.43. The van der Waals surface area contributed by atoms with Crippen LogP contribution in [0.5, 0.6) is 5.75 Å². The van der Waals surface area contributed by atoms with Crippen LogP contribution in [-0.2, 0) is 11.2 Å². The van der Waals surface area contributed by atoms with E-state index < -0.39 is 0 Å². The van der Waals surface area contributed by atoms with Gasteiger partial charge in [-0.05, 0) is 30.2 Å². The molecule has 2 N–H and O–H groups in total. The molecule has 0 fully saturated rings. The Morgan fingerprint density at radius 2 is 2.21 bits per heavy atom. The van der Waals surface area contributed by atoms with Gasteiger partial charge in [-0.15, -0.1) is 0 Å². The fourth-order valence-corrected chi connectivity index (χ4v) is 1.62. The first-order chi connectivity index (χ1) is 6.72. The van der Waals surface area contributed by atoms with Gasteiger partial charge in [0.15, 0.2) is 0 Å². The molecular formula is C10H12N2O2. The molecule has 0 aromatic heterocycles. The Morgan fingerprint density at radius 1 is 1.43 bits per heavy atom. The standard InChI is InChI=1S/C10H12N2O2/c1-14-8-3-4-9-7(6-8)2-5-10(13)12(9)11/h3-4,6H,2,5,11H2,1H3. The maximum atomic E-state index is 11.3.